The number of imidazole rings is 1. The minimum Gasteiger partial charge on any atom is -0.494 e. The highest BCUT2D eigenvalue weighted by atomic mass is 32.1. The summed E-state index contributed by atoms with van der Waals surface area (Å²) in [6.45, 7) is 2.53. The van der Waals surface area contributed by atoms with E-state index in [0.717, 1.165) is 33.8 Å². The van der Waals surface area contributed by atoms with Crippen molar-refractivity contribution in [2.45, 2.75) is 6.92 Å². The molecule has 4 aromatic rings. The van der Waals surface area contributed by atoms with Crippen molar-refractivity contribution in [3.05, 3.63) is 65.4 Å². The van der Waals surface area contributed by atoms with E-state index in [1.54, 1.807) is 12.1 Å². The van der Waals surface area contributed by atoms with E-state index < -0.39 is 0 Å². The number of thiazole rings is 1. The Balaban J connectivity index is 1.84. The lowest BCUT2D eigenvalue weighted by Crippen LogP contribution is -1.95. The van der Waals surface area contributed by atoms with Gasteiger partial charge in [-0.1, -0.05) is 0 Å². The molecule has 6 heteroatoms. The molecule has 0 spiro atoms. The minimum atomic E-state index is -0.295. The molecule has 0 radical (unpaired) electrons. The van der Waals surface area contributed by atoms with Crippen molar-refractivity contribution >= 4 is 22.6 Å². The lowest BCUT2D eigenvalue weighted by molar-refractivity contribution is 0.111. The number of hydrogen-bond donors (Lipinski definition) is 0. The zero-order chi connectivity index (χ0) is 18.1. The van der Waals surface area contributed by atoms with Crippen molar-refractivity contribution < 1.29 is 13.9 Å². The van der Waals surface area contributed by atoms with E-state index in [1.807, 2.05) is 41.0 Å². The fourth-order valence-corrected chi connectivity index (χ4v) is 3.80. The van der Waals surface area contributed by atoms with Gasteiger partial charge in [0.05, 0.1) is 12.3 Å². The molecule has 0 aliphatic carbocycles. The minimum absolute atomic E-state index is 0.295. The average molecular weight is 366 g/mol. The lowest BCUT2D eigenvalue weighted by Gasteiger charge is -2.05. The maximum Gasteiger partial charge on any atom is 0.195 e. The van der Waals surface area contributed by atoms with Gasteiger partial charge >= 0.3 is 0 Å². The van der Waals surface area contributed by atoms with E-state index in [-0.39, 0.29) is 5.82 Å². The number of aromatic nitrogens is 2. The Hall–Kier alpha value is -2.99. The molecule has 0 saturated carbocycles. The van der Waals surface area contributed by atoms with E-state index in [4.69, 9.17) is 4.74 Å². The monoisotopic (exact) mass is 366 g/mol. The SMILES string of the molecule is CCOc1ccc(-c2nc3scc(-c4ccc(F)cc4)n3c2C=O)cc1. The summed E-state index contributed by atoms with van der Waals surface area (Å²) in [6, 6.07) is 13.7. The van der Waals surface area contributed by atoms with Crippen molar-refractivity contribution in [3.8, 4) is 28.3 Å². The van der Waals surface area contributed by atoms with E-state index in [2.05, 4.69) is 4.98 Å². The van der Waals surface area contributed by atoms with Gasteiger partial charge in [-0.05, 0) is 61.0 Å². The summed E-state index contributed by atoms with van der Waals surface area (Å²) in [5, 5.41) is 1.92. The van der Waals surface area contributed by atoms with Gasteiger partial charge in [0.15, 0.2) is 11.2 Å². The van der Waals surface area contributed by atoms with Crippen LogP contribution in [0.2, 0.25) is 0 Å². The first kappa shape index (κ1) is 16.5. The second-order valence-electron chi connectivity index (χ2n) is 5.67. The van der Waals surface area contributed by atoms with Gasteiger partial charge in [-0.15, -0.1) is 11.3 Å². The number of rotatable bonds is 5. The third kappa shape index (κ3) is 2.78. The highest BCUT2D eigenvalue weighted by Gasteiger charge is 2.18. The Kier molecular flexibility index (Phi) is 4.26. The first-order valence-electron chi connectivity index (χ1n) is 8.15. The van der Waals surface area contributed by atoms with Crippen molar-refractivity contribution in [3.63, 3.8) is 0 Å². The van der Waals surface area contributed by atoms with Crippen LogP contribution in [0, 0.1) is 5.82 Å². The number of hydrogen-bond acceptors (Lipinski definition) is 4. The number of halogens is 1. The summed E-state index contributed by atoms with van der Waals surface area (Å²) in [7, 11) is 0. The molecule has 0 bridgehead atoms. The van der Waals surface area contributed by atoms with Crippen LogP contribution in [0.25, 0.3) is 27.5 Å². The molecule has 2 heterocycles. The fraction of sp³-hybridized carbons (Fsp3) is 0.100. The topological polar surface area (TPSA) is 43.6 Å². The maximum atomic E-state index is 13.2. The Morgan fingerprint density at radius 3 is 2.46 bits per heavy atom. The first-order valence-corrected chi connectivity index (χ1v) is 9.03. The summed E-state index contributed by atoms with van der Waals surface area (Å²) in [5.74, 6) is 0.480. The zero-order valence-electron chi connectivity index (χ0n) is 14.0. The van der Waals surface area contributed by atoms with Gasteiger partial charge in [-0.25, -0.2) is 9.37 Å². The molecule has 0 atom stereocenters. The normalized spacial score (nSPS) is 11.0. The molecular formula is C20H15FN2O2S. The Bertz CT molecular complexity index is 1070. The lowest BCUT2D eigenvalue weighted by atomic mass is 10.1. The highest BCUT2D eigenvalue weighted by molar-refractivity contribution is 7.15. The van der Waals surface area contributed by atoms with E-state index >= 15 is 0 Å². The summed E-state index contributed by atoms with van der Waals surface area (Å²) >= 11 is 1.44. The van der Waals surface area contributed by atoms with Crippen LogP contribution in [-0.2, 0) is 0 Å². The second-order valence-corrected chi connectivity index (χ2v) is 6.50. The molecule has 0 N–H and O–H groups in total. The molecule has 2 aromatic heterocycles. The summed E-state index contributed by atoms with van der Waals surface area (Å²) in [5.41, 5.74) is 3.59. The maximum absolute atomic E-state index is 13.2. The number of benzene rings is 2. The van der Waals surface area contributed by atoms with Crippen LogP contribution in [-0.4, -0.2) is 22.3 Å². The van der Waals surface area contributed by atoms with Gasteiger partial charge in [0.1, 0.15) is 23.0 Å². The van der Waals surface area contributed by atoms with E-state index in [9.17, 15) is 9.18 Å². The summed E-state index contributed by atoms with van der Waals surface area (Å²) in [6.07, 6.45) is 0.811. The Morgan fingerprint density at radius 2 is 1.81 bits per heavy atom. The van der Waals surface area contributed by atoms with Gasteiger partial charge < -0.3 is 4.74 Å². The molecule has 4 rings (SSSR count). The molecule has 4 nitrogen and oxygen atoms in total. The van der Waals surface area contributed by atoms with Crippen LogP contribution in [0.1, 0.15) is 17.4 Å². The number of ether oxygens (including phenoxy) is 1. The summed E-state index contributed by atoms with van der Waals surface area (Å²) < 4.78 is 20.5. The van der Waals surface area contributed by atoms with Gasteiger partial charge in [0.25, 0.3) is 0 Å². The van der Waals surface area contributed by atoms with Crippen LogP contribution in [0.4, 0.5) is 4.39 Å². The smallest absolute Gasteiger partial charge is 0.195 e. The molecule has 0 saturated heterocycles. The molecule has 0 aliphatic rings. The molecule has 130 valence electrons. The van der Waals surface area contributed by atoms with Crippen LogP contribution in [0.15, 0.2) is 53.9 Å². The Morgan fingerprint density at radius 1 is 1.12 bits per heavy atom. The van der Waals surface area contributed by atoms with E-state index in [1.165, 1.54) is 23.5 Å². The predicted octanol–water partition coefficient (Wildman–Crippen LogP) is 5.08. The number of carbonyl (C=O) groups is 1. The van der Waals surface area contributed by atoms with Crippen molar-refractivity contribution in [1.82, 2.24) is 9.38 Å². The van der Waals surface area contributed by atoms with Crippen molar-refractivity contribution in [2.75, 3.05) is 6.61 Å². The van der Waals surface area contributed by atoms with Crippen LogP contribution < -0.4 is 4.74 Å². The average Bonchev–Trinajstić information content (AvgIpc) is 3.22. The molecule has 26 heavy (non-hydrogen) atoms. The fourth-order valence-electron chi connectivity index (χ4n) is 2.90. The number of nitrogens with zero attached hydrogens (tertiary/aromatic N) is 2. The van der Waals surface area contributed by atoms with Gasteiger partial charge in [0.2, 0.25) is 0 Å². The predicted molar refractivity (Wildman–Crippen MR) is 100 cm³/mol. The summed E-state index contributed by atoms with van der Waals surface area (Å²) in [4.78, 5) is 17.2. The van der Waals surface area contributed by atoms with Gasteiger partial charge in [-0.3, -0.25) is 9.20 Å². The molecule has 2 aromatic carbocycles. The molecule has 0 unspecified atom stereocenters. The van der Waals surface area contributed by atoms with E-state index in [0.29, 0.717) is 18.0 Å². The Labute approximate surface area is 153 Å². The largest absolute Gasteiger partial charge is 0.494 e. The third-order valence-electron chi connectivity index (χ3n) is 4.09. The molecular weight excluding hydrogens is 351 g/mol. The van der Waals surface area contributed by atoms with Gasteiger partial charge in [0, 0.05) is 10.9 Å². The van der Waals surface area contributed by atoms with Gasteiger partial charge in [-0.2, -0.15) is 0 Å². The molecule has 0 aliphatic heterocycles. The van der Waals surface area contributed by atoms with Crippen LogP contribution >= 0.6 is 11.3 Å². The quantitative estimate of drug-likeness (QED) is 0.463. The zero-order valence-corrected chi connectivity index (χ0v) is 14.8. The standard InChI is InChI=1S/C20H15FN2O2S/c1-2-25-16-9-5-14(6-10-16)19-17(11-24)23-18(12-26-20(23)22-19)13-3-7-15(21)8-4-13/h3-12H,2H2,1H3. The third-order valence-corrected chi connectivity index (χ3v) is 4.92. The second kappa shape index (κ2) is 6.72. The number of aldehydes is 1. The first-order chi connectivity index (χ1) is 12.7. The van der Waals surface area contributed by atoms with Crippen LogP contribution in [0.3, 0.4) is 0 Å². The molecule has 0 fully saturated rings. The van der Waals surface area contributed by atoms with Crippen molar-refractivity contribution in [1.29, 1.82) is 0 Å². The highest BCUT2D eigenvalue weighted by Crippen LogP contribution is 2.32. The number of carbonyl (C=O) groups excluding carboxylic acids is 1. The number of fused-ring (bicyclic) bond motifs is 1. The molecule has 0 amide bonds. The van der Waals surface area contributed by atoms with Crippen molar-refractivity contribution in [2.24, 2.45) is 0 Å². The van der Waals surface area contributed by atoms with Crippen LogP contribution in [0.5, 0.6) is 5.75 Å².